The Kier molecular flexibility index (Phi) is 8.94. The van der Waals surface area contributed by atoms with Gasteiger partial charge in [-0.05, 0) is 128 Å². The van der Waals surface area contributed by atoms with Gasteiger partial charge in [0.1, 0.15) is 34.2 Å². The van der Waals surface area contributed by atoms with Gasteiger partial charge in [0.25, 0.3) is 0 Å². The number of benzene rings is 12. The summed E-state index contributed by atoms with van der Waals surface area (Å²) < 4.78 is 19.9. The minimum Gasteiger partial charge on any atom is -0.457 e. The summed E-state index contributed by atoms with van der Waals surface area (Å²) in [6.07, 6.45) is 0. The summed E-state index contributed by atoms with van der Waals surface area (Å²) in [5.74, 6) is 3.51. The lowest BCUT2D eigenvalue weighted by atomic mass is 9.66. The molecule has 0 bridgehead atoms. The number of nitrogens with zero attached hydrogens (tertiary/aromatic N) is 1. The zero-order chi connectivity index (χ0) is 51.1. The van der Waals surface area contributed by atoms with Crippen molar-refractivity contribution >= 4 is 39.0 Å². The van der Waals surface area contributed by atoms with Gasteiger partial charge in [0.05, 0.1) is 16.5 Å². The Morgan fingerprint density at radius 3 is 1.36 bits per heavy atom. The summed E-state index contributed by atoms with van der Waals surface area (Å²) in [6, 6.07) is 99.2. The highest BCUT2D eigenvalue weighted by Gasteiger charge is 2.53. The molecule has 4 nitrogen and oxygen atoms in total. The molecule has 2 spiro atoms. The van der Waals surface area contributed by atoms with Crippen molar-refractivity contribution in [3.63, 3.8) is 0 Å². The zero-order valence-electron chi connectivity index (χ0n) is 42.2. The van der Waals surface area contributed by atoms with Crippen molar-refractivity contribution in [3.8, 4) is 67.5 Å². The van der Waals surface area contributed by atoms with Crippen LogP contribution in [0.1, 0.15) is 44.5 Å². The van der Waals surface area contributed by atoms with E-state index in [-0.39, 0.29) is 0 Å². The predicted octanol–water partition coefficient (Wildman–Crippen LogP) is 19.3. The first kappa shape index (κ1) is 43.1. The topological polar surface area (TPSA) is 34.8 Å². The van der Waals surface area contributed by atoms with Gasteiger partial charge in [-0.15, -0.1) is 0 Å². The number of hydrogen-bond acceptors (Lipinski definition) is 4. The van der Waals surface area contributed by atoms with Crippen LogP contribution in [-0.2, 0) is 10.8 Å². The van der Waals surface area contributed by atoms with Gasteiger partial charge < -0.3 is 18.8 Å². The van der Waals surface area contributed by atoms with E-state index in [1.54, 1.807) is 0 Å². The summed E-state index contributed by atoms with van der Waals surface area (Å²) >= 11 is 0. The van der Waals surface area contributed by atoms with Gasteiger partial charge in [-0.2, -0.15) is 0 Å². The van der Waals surface area contributed by atoms with E-state index in [0.29, 0.717) is 0 Å². The first-order chi connectivity index (χ1) is 38.7. The van der Waals surface area contributed by atoms with Crippen molar-refractivity contribution in [2.45, 2.75) is 10.8 Å². The summed E-state index contributed by atoms with van der Waals surface area (Å²) in [5.41, 5.74) is 22.7. The molecule has 0 fully saturated rings. The van der Waals surface area contributed by atoms with E-state index < -0.39 is 10.8 Å². The number of fused-ring (bicyclic) bond motifs is 21. The lowest BCUT2D eigenvalue weighted by Crippen LogP contribution is -2.32. The van der Waals surface area contributed by atoms with Crippen LogP contribution in [0.2, 0.25) is 0 Å². The molecule has 0 atom stereocenters. The van der Waals surface area contributed by atoms with Crippen molar-refractivity contribution in [1.82, 2.24) is 0 Å². The van der Waals surface area contributed by atoms with Crippen LogP contribution < -0.4 is 14.4 Å². The van der Waals surface area contributed by atoms with Gasteiger partial charge in [-0.1, -0.05) is 206 Å². The van der Waals surface area contributed by atoms with Crippen LogP contribution in [0, 0.1) is 0 Å². The maximum absolute atomic E-state index is 6.76. The minimum absolute atomic E-state index is 0.582. The largest absolute Gasteiger partial charge is 0.457 e. The summed E-state index contributed by atoms with van der Waals surface area (Å²) in [5, 5.41) is 2.23. The Morgan fingerprint density at radius 2 is 0.731 bits per heavy atom. The minimum atomic E-state index is -0.633. The van der Waals surface area contributed by atoms with Gasteiger partial charge in [-0.3, -0.25) is 0 Å². The Hall–Kier alpha value is -10.2. The van der Waals surface area contributed by atoms with Crippen molar-refractivity contribution < 1.29 is 13.9 Å². The van der Waals surface area contributed by atoms with Crippen molar-refractivity contribution in [1.29, 1.82) is 0 Å². The van der Waals surface area contributed by atoms with Crippen LogP contribution in [0.25, 0.3) is 66.4 Å². The lowest BCUT2D eigenvalue weighted by Gasteiger charge is -2.39. The van der Waals surface area contributed by atoms with Crippen LogP contribution in [0.4, 0.5) is 17.1 Å². The average molecular weight is 996 g/mol. The van der Waals surface area contributed by atoms with E-state index in [1.165, 1.54) is 50.1 Å². The third-order valence-corrected chi connectivity index (χ3v) is 17.2. The number of ether oxygens (including phenoxy) is 2. The molecular weight excluding hydrogens is 951 g/mol. The fourth-order valence-electron chi connectivity index (χ4n) is 14.3. The van der Waals surface area contributed by atoms with Crippen LogP contribution >= 0.6 is 0 Å². The molecule has 17 rings (SSSR count). The number of rotatable bonds is 5. The first-order valence-electron chi connectivity index (χ1n) is 26.8. The summed E-state index contributed by atoms with van der Waals surface area (Å²) in [6.45, 7) is 0. The molecule has 0 unspecified atom stereocenters. The van der Waals surface area contributed by atoms with Gasteiger partial charge in [0.15, 0.2) is 0 Å². The molecule has 78 heavy (non-hydrogen) atoms. The number of para-hydroxylation sites is 5. The molecule has 3 heterocycles. The maximum atomic E-state index is 6.76. The molecule has 0 N–H and O–H groups in total. The summed E-state index contributed by atoms with van der Waals surface area (Å²) in [7, 11) is 0. The Labute approximate surface area is 451 Å². The van der Waals surface area contributed by atoms with Gasteiger partial charge in [-0.25, -0.2) is 0 Å². The molecule has 0 radical (unpaired) electrons. The van der Waals surface area contributed by atoms with Crippen molar-refractivity contribution in [2.24, 2.45) is 0 Å². The Balaban J connectivity index is 0.903. The van der Waals surface area contributed by atoms with E-state index in [9.17, 15) is 0 Å². The molecule has 364 valence electrons. The second-order valence-electron chi connectivity index (χ2n) is 20.9. The molecule has 13 aromatic rings. The fraction of sp³-hybridized carbons (Fsp3) is 0.0270. The quantitative estimate of drug-likeness (QED) is 0.172. The van der Waals surface area contributed by atoms with E-state index in [2.05, 4.69) is 272 Å². The van der Waals surface area contributed by atoms with E-state index in [4.69, 9.17) is 13.9 Å². The molecule has 2 aliphatic carbocycles. The van der Waals surface area contributed by atoms with Gasteiger partial charge >= 0.3 is 0 Å². The molecule has 0 amide bonds. The number of anilines is 3. The van der Waals surface area contributed by atoms with Gasteiger partial charge in [0, 0.05) is 50.0 Å². The van der Waals surface area contributed by atoms with Crippen LogP contribution in [-0.4, -0.2) is 0 Å². The lowest BCUT2D eigenvalue weighted by molar-refractivity contribution is 0.436. The zero-order valence-corrected chi connectivity index (χ0v) is 42.2. The fourth-order valence-corrected chi connectivity index (χ4v) is 14.3. The molecule has 4 heteroatoms. The van der Waals surface area contributed by atoms with Gasteiger partial charge in [0.2, 0.25) is 0 Å². The third-order valence-electron chi connectivity index (χ3n) is 17.2. The second kappa shape index (κ2) is 16.2. The molecule has 4 aliphatic rings. The Bertz CT molecular complexity index is 4570. The SMILES string of the molecule is c1cc(-c2cccc3c2-c2ccccc2C32c3ccccc3Oc3ccccc32)cc(N(c2ccc(-c3cccc4oc5ccccc5c34)cc2)c2cccc3c2-c2ccccc2C32c3ccccc3Oc3ccccc32)c1. The first-order valence-corrected chi connectivity index (χ1v) is 26.8. The molecule has 1 aromatic heterocycles. The van der Waals surface area contributed by atoms with Crippen LogP contribution in [0.5, 0.6) is 23.0 Å². The van der Waals surface area contributed by atoms with Crippen molar-refractivity contribution in [2.75, 3.05) is 4.90 Å². The highest BCUT2D eigenvalue weighted by molar-refractivity contribution is 6.12. The standard InChI is InChI=1S/C74H45NO3/c1-4-26-55-52(21-1)70-51(24-16-32-61(70)73(55)57-28-6-11-36-65(57)77-66-37-12-7-29-58(66)73)47-19-15-20-49(45-47)75(48-43-41-46(42-44-48)50-25-17-40-69-71(50)54-23-3-10-35-64(54)76-69)63-34-18-33-62-72(63)53-22-2-5-27-56(53)74(62)59-30-8-13-38-67(59)78-68-39-14-9-31-60(68)74/h1-45H. The molecule has 0 saturated carbocycles. The van der Waals surface area contributed by atoms with Crippen LogP contribution in [0.15, 0.2) is 277 Å². The monoisotopic (exact) mass is 995 g/mol. The normalized spacial score (nSPS) is 14.1. The number of furan rings is 1. The third kappa shape index (κ3) is 5.68. The molecule has 0 saturated heterocycles. The van der Waals surface area contributed by atoms with E-state index >= 15 is 0 Å². The maximum Gasteiger partial charge on any atom is 0.136 e. The number of hydrogen-bond donors (Lipinski definition) is 0. The average Bonchev–Trinajstić information content (AvgIpc) is 3.41. The highest BCUT2D eigenvalue weighted by Crippen LogP contribution is 2.66. The van der Waals surface area contributed by atoms with E-state index in [1.807, 2.05) is 6.07 Å². The molecule has 12 aromatic carbocycles. The summed E-state index contributed by atoms with van der Waals surface area (Å²) in [4.78, 5) is 2.48. The highest BCUT2D eigenvalue weighted by atomic mass is 16.5. The van der Waals surface area contributed by atoms with Crippen molar-refractivity contribution in [3.05, 3.63) is 317 Å². The smallest absolute Gasteiger partial charge is 0.136 e. The second-order valence-corrected chi connectivity index (χ2v) is 20.9. The molecule has 2 aliphatic heterocycles. The molecular formula is C74H45NO3. The Morgan fingerprint density at radius 1 is 0.282 bits per heavy atom. The van der Waals surface area contributed by atoms with E-state index in [0.717, 1.165) is 101 Å². The predicted molar refractivity (Wildman–Crippen MR) is 314 cm³/mol. The van der Waals surface area contributed by atoms with Crippen LogP contribution in [0.3, 0.4) is 0 Å².